The maximum absolute atomic E-state index is 12.4. The highest BCUT2D eigenvalue weighted by Gasteiger charge is 2.36. The number of nitrogens with one attached hydrogen (secondary N) is 1. The minimum atomic E-state index is -0.568. The van der Waals surface area contributed by atoms with Gasteiger partial charge in [-0.15, -0.1) is 0 Å². The van der Waals surface area contributed by atoms with Crippen LogP contribution in [-0.4, -0.2) is 30.9 Å². The van der Waals surface area contributed by atoms with Crippen LogP contribution in [0.2, 0.25) is 0 Å². The summed E-state index contributed by atoms with van der Waals surface area (Å²) in [5.74, 6) is -1.61. The van der Waals surface area contributed by atoms with Gasteiger partial charge in [0.1, 0.15) is 0 Å². The van der Waals surface area contributed by atoms with Gasteiger partial charge >= 0.3 is 5.97 Å². The number of hydrogen-bond acceptors (Lipinski definition) is 4. The molecule has 0 spiro atoms. The summed E-state index contributed by atoms with van der Waals surface area (Å²) in [4.78, 5) is 38.4. The number of benzene rings is 2. The second-order valence-corrected chi connectivity index (χ2v) is 7.40. The minimum Gasteiger partial charge on any atom is -0.455 e. The Hall–Kier alpha value is -3.15. The van der Waals surface area contributed by atoms with E-state index in [1.165, 1.54) is 5.56 Å². The third-order valence-electron chi connectivity index (χ3n) is 5.13. The highest BCUT2D eigenvalue weighted by Crippen LogP contribution is 2.26. The van der Waals surface area contributed by atoms with Crippen LogP contribution in [0.3, 0.4) is 0 Å². The SMILES string of the molecule is CCc1ccc(N2C[C@H](C(=O)OCC(=O)Nc3cc(C)ccc3C)CC2=O)cc1. The van der Waals surface area contributed by atoms with Gasteiger partial charge in [0, 0.05) is 24.3 Å². The Morgan fingerprint density at radius 1 is 1.14 bits per heavy atom. The third-order valence-corrected chi connectivity index (χ3v) is 5.13. The normalized spacial score (nSPS) is 16.0. The van der Waals surface area contributed by atoms with Crippen LogP contribution in [0.15, 0.2) is 42.5 Å². The van der Waals surface area contributed by atoms with Crippen LogP contribution < -0.4 is 10.2 Å². The maximum atomic E-state index is 12.4. The Kier molecular flexibility index (Phi) is 6.32. The monoisotopic (exact) mass is 394 g/mol. The topological polar surface area (TPSA) is 75.7 Å². The second-order valence-electron chi connectivity index (χ2n) is 7.40. The second kappa shape index (κ2) is 8.90. The van der Waals surface area contributed by atoms with Gasteiger partial charge in [-0.3, -0.25) is 14.4 Å². The summed E-state index contributed by atoms with van der Waals surface area (Å²) in [5, 5.41) is 2.76. The molecule has 1 saturated heterocycles. The molecule has 1 aliphatic heterocycles. The largest absolute Gasteiger partial charge is 0.455 e. The van der Waals surface area contributed by atoms with Crippen molar-refractivity contribution >= 4 is 29.2 Å². The molecule has 1 N–H and O–H groups in total. The average molecular weight is 394 g/mol. The van der Waals surface area contributed by atoms with Gasteiger partial charge in [-0.1, -0.05) is 31.2 Å². The summed E-state index contributed by atoms with van der Waals surface area (Å²) in [6.07, 6.45) is 1.01. The Bertz CT molecular complexity index is 921. The quantitative estimate of drug-likeness (QED) is 0.762. The zero-order valence-electron chi connectivity index (χ0n) is 17.0. The first-order valence-electron chi connectivity index (χ1n) is 9.80. The lowest BCUT2D eigenvalue weighted by Gasteiger charge is -2.17. The molecule has 0 radical (unpaired) electrons. The van der Waals surface area contributed by atoms with E-state index in [1.54, 1.807) is 4.90 Å². The van der Waals surface area contributed by atoms with Gasteiger partial charge < -0.3 is 15.0 Å². The fraction of sp³-hybridized carbons (Fsp3) is 0.348. The van der Waals surface area contributed by atoms with Gasteiger partial charge in [0.25, 0.3) is 5.91 Å². The maximum Gasteiger partial charge on any atom is 0.311 e. The molecule has 0 aromatic heterocycles. The van der Waals surface area contributed by atoms with Crippen LogP contribution >= 0.6 is 0 Å². The summed E-state index contributed by atoms with van der Waals surface area (Å²) in [6, 6.07) is 13.5. The van der Waals surface area contributed by atoms with Crippen LogP contribution in [0.4, 0.5) is 11.4 Å². The molecule has 1 fully saturated rings. The van der Waals surface area contributed by atoms with Crippen molar-refractivity contribution in [3.05, 3.63) is 59.2 Å². The van der Waals surface area contributed by atoms with Crippen molar-refractivity contribution in [2.45, 2.75) is 33.6 Å². The van der Waals surface area contributed by atoms with Crippen LogP contribution in [-0.2, 0) is 25.5 Å². The Morgan fingerprint density at radius 3 is 2.55 bits per heavy atom. The molecular formula is C23H26N2O4. The molecule has 1 atom stereocenters. The number of hydrogen-bond donors (Lipinski definition) is 1. The Balaban J connectivity index is 1.53. The molecule has 1 heterocycles. The lowest BCUT2D eigenvalue weighted by molar-refractivity contribution is -0.151. The number of nitrogens with zero attached hydrogens (tertiary/aromatic N) is 1. The fourth-order valence-electron chi connectivity index (χ4n) is 3.34. The summed E-state index contributed by atoms with van der Waals surface area (Å²) in [6.45, 7) is 5.79. The van der Waals surface area contributed by atoms with Gasteiger partial charge in [0.05, 0.1) is 5.92 Å². The van der Waals surface area contributed by atoms with Gasteiger partial charge in [-0.2, -0.15) is 0 Å². The highest BCUT2D eigenvalue weighted by molar-refractivity contribution is 6.00. The number of anilines is 2. The molecule has 6 nitrogen and oxygen atoms in total. The molecule has 0 saturated carbocycles. The molecule has 0 unspecified atom stereocenters. The molecule has 2 aromatic carbocycles. The van der Waals surface area contributed by atoms with E-state index >= 15 is 0 Å². The number of esters is 1. The molecule has 2 amide bonds. The van der Waals surface area contributed by atoms with E-state index in [-0.39, 0.29) is 25.5 Å². The van der Waals surface area contributed by atoms with Crippen LogP contribution in [0, 0.1) is 19.8 Å². The fourth-order valence-corrected chi connectivity index (χ4v) is 3.34. The predicted molar refractivity (Wildman–Crippen MR) is 112 cm³/mol. The van der Waals surface area contributed by atoms with Gasteiger partial charge in [-0.25, -0.2) is 0 Å². The van der Waals surface area contributed by atoms with Crippen molar-refractivity contribution in [1.82, 2.24) is 0 Å². The first-order chi connectivity index (χ1) is 13.9. The van der Waals surface area contributed by atoms with Crippen LogP contribution in [0.5, 0.6) is 0 Å². The van der Waals surface area contributed by atoms with Gasteiger partial charge in [0.2, 0.25) is 5.91 Å². The van der Waals surface area contributed by atoms with E-state index in [9.17, 15) is 14.4 Å². The molecule has 0 aliphatic carbocycles. The van der Waals surface area contributed by atoms with Crippen molar-refractivity contribution in [3.63, 3.8) is 0 Å². The summed E-state index contributed by atoms with van der Waals surface area (Å²) < 4.78 is 5.17. The number of amides is 2. The van der Waals surface area contributed by atoms with Crippen molar-refractivity contribution in [2.75, 3.05) is 23.4 Å². The van der Waals surface area contributed by atoms with E-state index in [1.807, 2.05) is 56.3 Å². The zero-order valence-corrected chi connectivity index (χ0v) is 17.0. The van der Waals surface area contributed by atoms with Crippen LogP contribution in [0.25, 0.3) is 0 Å². The standard InChI is InChI=1S/C23H26N2O4/c1-4-17-7-9-19(10-8-17)25-13-18(12-22(25)27)23(28)29-14-21(26)24-20-11-15(2)5-6-16(20)3/h5-11,18H,4,12-14H2,1-3H3,(H,24,26)/t18-/m1/s1. The van der Waals surface area contributed by atoms with Crippen LogP contribution in [0.1, 0.15) is 30.0 Å². The lowest BCUT2D eigenvalue weighted by atomic mass is 10.1. The molecule has 6 heteroatoms. The van der Waals surface area contributed by atoms with Crippen molar-refractivity contribution < 1.29 is 19.1 Å². The van der Waals surface area contributed by atoms with Gasteiger partial charge in [0.15, 0.2) is 6.61 Å². The number of rotatable bonds is 6. The van der Waals surface area contributed by atoms with Crippen molar-refractivity contribution in [1.29, 1.82) is 0 Å². The minimum absolute atomic E-state index is 0.0902. The van der Waals surface area contributed by atoms with E-state index in [2.05, 4.69) is 12.2 Å². The first kappa shape index (κ1) is 20.6. The number of carbonyl (C=O) groups is 3. The van der Waals surface area contributed by atoms with E-state index < -0.39 is 17.8 Å². The molecule has 29 heavy (non-hydrogen) atoms. The summed E-state index contributed by atoms with van der Waals surface area (Å²) in [5.41, 5.74) is 4.62. The number of carbonyl (C=O) groups excluding carboxylic acids is 3. The number of aryl methyl sites for hydroxylation is 3. The molecular weight excluding hydrogens is 368 g/mol. The lowest BCUT2D eigenvalue weighted by Crippen LogP contribution is -2.28. The zero-order chi connectivity index (χ0) is 21.0. The smallest absolute Gasteiger partial charge is 0.311 e. The molecule has 3 rings (SSSR count). The molecule has 0 bridgehead atoms. The van der Waals surface area contributed by atoms with Gasteiger partial charge in [-0.05, 0) is 55.2 Å². The van der Waals surface area contributed by atoms with E-state index in [0.717, 1.165) is 23.2 Å². The molecule has 2 aromatic rings. The summed E-state index contributed by atoms with van der Waals surface area (Å²) in [7, 11) is 0. The number of ether oxygens (including phenoxy) is 1. The Morgan fingerprint density at radius 2 is 1.86 bits per heavy atom. The first-order valence-corrected chi connectivity index (χ1v) is 9.80. The highest BCUT2D eigenvalue weighted by atomic mass is 16.5. The molecule has 1 aliphatic rings. The molecule has 152 valence electrons. The van der Waals surface area contributed by atoms with E-state index in [0.29, 0.717) is 5.69 Å². The average Bonchev–Trinajstić information content (AvgIpc) is 3.10. The van der Waals surface area contributed by atoms with Crippen molar-refractivity contribution in [3.8, 4) is 0 Å². The van der Waals surface area contributed by atoms with Crippen molar-refractivity contribution in [2.24, 2.45) is 5.92 Å². The van der Waals surface area contributed by atoms with E-state index in [4.69, 9.17) is 4.74 Å². The summed E-state index contributed by atoms with van der Waals surface area (Å²) >= 11 is 0. The Labute approximate surface area is 170 Å². The predicted octanol–water partition coefficient (Wildman–Crippen LogP) is 3.40. The third kappa shape index (κ3) is 5.02.